The van der Waals surface area contributed by atoms with Crippen LogP contribution in [-0.2, 0) is 13.1 Å². The van der Waals surface area contributed by atoms with Crippen molar-refractivity contribution in [2.24, 2.45) is 0 Å². The predicted octanol–water partition coefficient (Wildman–Crippen LogP) is 3.44. The fraction of sp³-hybridized carbons (Fsp3) is 0.111. The number of carbonyl (C=O) groups is 1. The van der Waals surface area contributed by atoms with Gasteiger partial charge in [0.25, 0.3) is 5.91 Å². The van der Waals surface area contributed by atoms with Gasteiger partial charge in [-0.1, -0.05) is 46.6 Å². The first-order valence-electron chi connectivity index (χ1n) is 8.14. The van der Waals surface area contributed by atoms with Crippen molar-refractivity contribution in [3.8, 4) is 0 Å². The lowest BCUT2D eigenvalue weighted by atomic mass is 10.2. The van der Waals surface area contributed by atoms with Crippen LogP contribution in [0, 0.1) is 0 Å². The number of imidazole rings is 1. The van der Waals surface area contributed by atoms with Crippen LogP contribution in [0.4, 0.5) is 0 Å². The number of aromatic nitrogens is 5. The quantitative estimate of drug-likeness (QED) is 0.536. The molecule has 0 radical (unpaired) electrons. The van der Waals surface area contributed by atoms with Crippen LogP contribution in [0.3, 0.4) is 0 Å². The Bertz CT molecular complexity index is 1120. The Hall–Kier alpha value is -2.90. The monoisotopic (exact) mass is 400 g/mol. The number of carbonyl (C=O) groups excluding carboxylic acids is 1. The molecule has 136 valence electrons. The van der Waals surface area contributed by atoms with Gasteiger partial charge in [0.05, 0.1) is 30.3 Å². The Morgan fingerprint density at radius 1 is 1.19 bits per heavy atom. The molecule has 2 N–H and O–H groups in total. The normalized spacial score (nSPS) is 11.0. The zero-order valence-corrected chi connectivity index (χ0v) is 15.5. The highest BCUT2D eigenvalue weighted by molar-refractivity contribution is 6.31. The number of benzene rings is 2. The highest BCUT2D eigenvalue weighted by atomic mass is 35.5. The first-order chi connectivity index (χ1) is 13.1. The molecule has 0 bridgehead atoms. The Morgan fingerprint density at radius 3 is 2.89 bits per heavy atom. The second kappa shape index (κ2) is 7.38. The fourth-order valence-electron chi connectivity index (χ4n) is 2.65. The summed E-state index contributed by atoms with van der Waals surface area (Å²) in [5.41, 5.74) is 2.73. The van der Waals surface area contributed by atoms with E-state index >= 15 is 0 Å². The number of rotatable bonds is 5. The molecule has 2 heterocycles. The summed E-state index contributed by atoms with van der Waals surface area (Å²) in [6.07, 6.45) is 1.58. The summed E-state index contributed by atoms with van der Waals surface area (Å²) >= 11 is 12.1. The summed E-state index contributed by atoms with van der Waals surface area (Å²) in [5, 5.41) is 11.9. The molecule has 0 spiro atoms. The zero-order chi connectivity index (χ0) is 18.8. The van der Waals surface area contributed by atoms with E-state index in [1.807, 2.05) is 30.3 Å². The van der Waals surface area contributed by atoms with Gasteiger partial charge in [-0.05, 0) is 29.8 Å². The van der Waals surface area contributed by atoms with E-state index in [1.54, 1.807) is 23.0 Å². The Kier molecular flexibility index (Phi) is 4.79. The van der Waals surface area contributed by atoms with E-state index in [9.17, 15) is 4.79 Å². The molecule has 2 aromatic heterocycles. The van der Waals surface area contributed by atoms with Crippen LogP contribution in [0.2, 0.25) is 10.0 Å². The molecule has 0 aliphatic heterocycles. The van der Waals surface area contributed by atoms with Gasteiger partial charge in [-0.3, -0.25) is 4.79 Å². The standard InChI is InChI=1S/C18H14Cl2N6O/c19-12-5-6-14-15(7-12)23-17(22-14)8-21-18(27)16-10-26(25-24-16)9-11-3-1-2-4-13(11)20/h1-7,10H,8-9H2,(H,21,27)(H,22,23). The van der Waals surface area contributed by atoms with Gasteiger partial charge < -0.3 is 10.3 Å². The van der Waals surface area contributed by atoms with Gasteiger partial charge >= 0.3 is 0 Å². The lowest BCUT2D eigenvalue weighted by Gasteiger charge is -2.02. The van der Waals surface area contributed by atoms with Gasteiger partial charge in [-0.2, -0.15) is 0 Å². The SMILES string of the molecule is O=C(NCc1nc2ccc(Cl)cc2[nH]1)c1cn(Cc2ccccc2Cl)nn1. The number of fused-ring (bicyclic) bond motifs is 1. The molecule has 0 unspecified atom stereocenters. The minimum atomic E-state index is -0.334. The van der Waals surface area contributed by atoms with Crippen LogP contribution in [0.5, 0.6) is 0 Å². The molecule has 0 aliphatic rings. The number of nitrogens with one attached hydrogen (secondary N) is 2. The first kappa shape index (κ1) is 17.5. The number of H-pyrrole nitrogens is 1. The van der Waals surface area contributed by atoms with E-state index in [0.29, 0.717) is 22.4 Å². The summed E-state index contributed by atoms with van der Waals surface area (Å²) in [6, 6.07) is 12.8. The van der Waals surface area contributed by atoms with Gasteiger partial charge in [-0.25, -0.2) is 9.67 Å². The molecule has 0 fully saturated rings. The third-order valence-corrected chi connectivity index (χ3v) is 4.57. The van der Waals surface area contributed by atoms with Crippen LogP contribution in [0.25, 0.3) is 11.0 Å². The van der Waals surface area contributed by atoms with E-state index in [2.05, 4.69) is 25.6 Å². The second-order valence-electron chi connectivity index (χ2n) is 5.92. The Morgan fingerprint density at radius 2 is 2.04 bits per heavy atom. The first-order valence-corrected chi connectivity index (χ1v) is 8.90. The summed E-state index contributed by atoms with van der Waals surface area (Å²) < 4.78 is 1.57. The van der Waals surface area contributed by atoms with Crippen molar-refractivity contribution >= 4 is 40.1 Å². The average Bonchev–Trinajstić information content (AvgIpc) is 3.28. The minimum absolute atomic E-state index is 0.223. The minimum Gasteiger partial charge on any atom is -0.343 e. The molecule has 27 heavy (non-hydrogen) atoms. The maximum atomic E-state index is 12.3. The number of halogens is 2. The Labute approximate surface area is 164 Å². The van der Waals surface area contributed by atoms with Crippen molar-refractivity contribution < 1.29 is 4.79 Å². The zero-order valence-electron chi connectivity index (χ0n) is 14.0. The number of hydrogen-bond acceptors (Lipinski definition) is 4. The number of hydrogen-bond donors (Lipinski definition) is 2. The van der Waals surface area contributed by atoms with Crippen molar-refractivity contribution in [1.82, 2.24) is 30.3 Å². The van der Waals surface area contributed by atoms with Gasteiger partial charge in [0.1, 0.15) is 5.82 Å². The van der Waals surface area contributed by atoms with Crippen molar-refractivity contribution in [3.05, 3.63) is 75.8 Å². The molecule has 0 saturated carbocycles. The molecule has 4 aromatic rings. The van der Waals surface area contributed by atoms with Gasteiger partial charge in [-0.15, -0.1) is 5.10 Å². The van der Waals surface area contributed by atoms with E-state index in [1.165, 1.54) is 0 Å². The van der Waals surface area contributed by atoms with Crippen LogP contribution >= 0.6 is 23.2 Å². The summed E-state index contributed by atoms with van der Waals surface area (Å²) in [4.78, 5) is 19.8. The molecule has 9 heteroatoms. The van der Waals surface area contributed by atoms with E-state index in [0.717, 1.165) is 16.6 Å². The molecular formula is C18H14Cl2N6O. The van der Waals surface area contributed by atoms with Crippen LogP contribution in [0.15, 0.2) is 48.7 Å². The van der Waals surface area contributed by atoms with Crippen molar-refractivity contribution in [2.75, 3.05) is 0 Å². The third-order valence-electron chi connectivity index (χ3n) is 3.97. The van der Waals surface area contributed by atoms with Crippen LogP contribution in [0.1, 0.15) is 21.9 Å². The molecular weight excluding hydrogens is 387 g/mol. The second-order valence-corrected chi connectivity index (χ2v) is 6.76. The maximum Gasteiger partial charge on any atom is 0.273 e. The average molecular weight is 401 g/mol. The fourth-order valence-corrected chi connectivity index (χ4v) is 3.02. The molecule has 0 saturated heterocycles. The van der Waals surface area contributed by atoms with E-state index in [-0.39, 0.29) is 18.1 Å². The highest BCUT2D eigenvalue weighted by Crippen LogP contribution is 2.17. The van der Waals surface area contributed by atoms with E-state index in [4.69, 9.17) is 23.2 Å². The lowest BCUT2D eigenvalue weighted by molar-refractivity contribution is 0.0945. The van der Waals surface area contributed by atoms with E-state index < -0.39 is 0 Å². The smallest absolute Gasteiger partial charge is 0.273 e. The maximum absolute atomic E-state index is 12.3. The van der Waals surface area contributed by atoms with Gasteiger partial charge in [0, 0.05) is 10.0 Å². The summed E-state index contributed by atoms with van der Waals surface area (Å²) in [5.74, 6) is 0.294. The predicted molar refractivity (Wildman–Crippen MR) is 103 cm³/mol. The van der Waals surface area contributed by atoms with Crippen molar-refractivity contribution in [1.29, 1.82) is 0 Å². The molecule has 0 aliphatic carbocycles. The molecule has 1 amide bonds. The van der Waals surface area contributed by atoms with Gasteiger partial charge in [0.2, 0.25) is 0 Å². The topological polar surface area (TPSA) is 88.5 Å². The van der Waals surface area contributed by atoms with Gasteiger partial charge in [0.15, 0.2) is 5.69 Å². The van der Waals surface area contributed by atoms with Crippen molar-refractivity contribution in [3.63, 3.8) is 0 Å². The number of aromatic amines is 1. The molecule has 0 atom stereocenters. The molecule has 4 rings (SSSR count). The third kappa shape index (κ3) is 3.94. The largest absolute Gasteiger partial charge is 0.343 e. The van der Waals surface area contributed by atoms with Crippen LogP contribution < -0.4 is 5.32 Å². The summed E-state index contributed by atoms with van der Waals surface area (Å²) in [6.45, 7) is 0.673. The summed E-state index contributed by atoms with van der Waals surface area (Å²) in [7, 11) is 0. The number of amides is 1. The number of nitrogens with zero attached hydrogens (tertiary/aromatic N) is 4. The van der Waals surface area contributed by atoms with Crippen LogP contribution in [-0.4, -0.2) is 30.9 Å². The highest BCUT2D eigenvalue weighted by Gasteiger charge is 2.12. The molecule has 2 aromatic carbocycles. The molecule has 7 nitrogen and oxygen atoms in total. The lowest BCUT2D eigenvalue weighted by Crippen LogP contribution is -2.23. The van der Waals surface area contributed by atoms with Crippen molar-refractivity contribution in [2.45, 2.75) is 13.1 Å². The Balaban J connectivity index is 1.41.